The maximum Gasteiger partial charge on any atom is 0.272 e. The lowest BCUT2D eigenvalue weighted by Gasteiger charge is -2.26. The number of rotatable bonds is 6. The molecule has 6 heteroatoms. The average molecular weight is 420 g/mol. The Morgan fingerprint density at radius 2 is 1.77 bits per heavy atom. The van der Waals surface area contributed by atoms with Gasteiger partial charge in [0, 0.05) is 0 Å². The van der Waals surface area contributed by atoms with Crippen molar-refractivity contribution in [1.29, 1.82) is 0 Å². The molecule has 0 radical (unpaired) electrons. The first kappa shape index (κ1) is 21.1. The van der Waals surface area contributed by atoms with Crippen molar-refractivity contribution < 1.29 is 14.3 Å². The second kappa shape index (κ2) is 8.94. The number of nitrogens with one attached hydrogen (secondary N) is 1. The number of hydrogen-bond acceptors (Lipinski definition) is 4. The molecule has 4 rings (SSSR count). The van der Waals surface area contributed by atoms with Gasteiger partial charge in [-0.15, -0.1) is 0 Å². The number of hydrogen-bond donors (Lipinski definition) is 1. The van der Waals surface area contributed by atoms with Crippen molar-refractivity contribution in [3.8, 4) is 5.75 Å². The van der Waals surface area contributed by atoms with E-state index in [0.29, 0.717) is 24.8 Å². The molecule has 1 aliphatic heterocycles. The average Bonchev–Trinajstić information content (AvgIpc) is 3.22. The van der Waals surface area contributed by atoms with Gasteiger partial charge in [0.05, 0.1) is 38.3 Å². The van der Waals surface area contributed by atoms with Gasteiger partial charge in [0.15, 0.2) is 5.69 Å². The van der Waals surface area contributed by atoms with Gasteiger partial charge < -0.3 is 19.4 Å². The van der Waals surface area contributed by atoms with Crippen LogP contribution in [0.25, 0.3) is 0 Å². The standard InChI is InChI=1S/C25H29N3O3/c1-16(2)18-5-7-19(8-6-18)17(3)27-25(29)24-22-14-31-23(13-28(22)15-26-24)20-9-11-21(30-4)12-10-20/h5-12,15-17,23H,13-14H2,1-4H3,(H,27,29). The van der Waals surface area contributed by atoms with Crippen LogP contribution in [-0.4, -0.2) is 22.6 Å². The summed E-state index contributed by atoms with van der Waals surface area (Å²) in [5.74, 6) is 1.12. The topological polar surface area (TPSA) is 65.4 Å². The molecule has 0 aliphatic carbocycles. The van der Waals surface area contributed by atoms with Gasteiger partial charge in [-0.3, -0.25) is 4.79 Å². The van der Waals surface area contributed by atoms with Crippen LogP contribution in [0.1, 0.15) is 71.7 Å². The summed E-state index contributed by atoms with van der Waals surface area (Å²) >= 11 is 0. The van der Waals surface area contributed by atoms with E-state index in [0.717, 1.165) is 22.6 Å². The first-order valence-electron chi connectivity index (χ1n) is 10.7. The van der Waals surface area contributed by atoms with Crippen LogP contribution in [0.15, 0.2) is 54.9 Å². The quantitative estimate of drug-likeness (QED) is 0.625. The summed E-state index contributed by atoms with van der Waals surface area (Å²) in [6.07, 6.45) is 1.65. The molecule has 0 saturated heterocycles. The van der Waals surface area contributed by atoms with E-state index in [4.69, 9.17) is 9.47 Å². The first-order valence-corrected chi connectivity index (χ1v) is 10.7. The molecule has 0 spiro atoms. The van der Waals surface area contributed by atoms with Gasteiger partial charge >= 0.3 is 0 Å². The molecular formula is C25H29N3O3. The predicted molar refractivity (Wildman–Crippen MR) is 119 cm³/mol. The number of amides is 1. The summed E-state index contributed by atoms with van der Waals surface area (Å²) in [5, 5.41) is 3.07. The second-order valence-electron chi connectivity index (χ2n) is 8.28. The van der Waals surface area contributed by atoms with Gasteiger partial charge in [0.25, 0.3) is 5.91 Å². The molecule has 31 heavy (non-hydrogen) atoms. The number of ether oxygens (including phenoxy) is 2. The molecule has 162 valence electrons. The van der Waals surface area contributed by atoms with Gasteiger partial charge in [-0.1, -0.05) is 50.2 Å². The van der Waals surface area contributed by atoms with Crippen LogP contribution in [0, 0.1) is 0 Å². The van der Waals surface area contributed by atoms with Gasteiger partial charge in [-0.25, -0.2) is 4.98 Å². The Labute approximate surface area is 183 Å². The summed E-state index contributed by atoms with van der Waals surface area (Å²) < 4.78 is 13.3. The highest BCUT2D eigenvalue weighted by molar-refractivity contribution is 5.93. The normalized spacial score (nSPS) is 16.6. The molecule has 2 heterocycles. The molecule has 3 aromatic rings. The maximum atomic E-state index is 12.9. The van der Waals surface area contributed by atoms with Crippen molar-refractivity contribution >= 4 is 5.91 Å². The molecule has 2 unspecified atom stereocenters. The van der Waals surface area contributed by atoms with Crippen LogP contribution < -0.4 is 10.1 Å². The molecule has 0 saturated carbocycles. The molecule has 6 nitrogen and oxygen atoms in total. The number of fused-ring (bicyclic) bond motifs is 1. The van der Waals surface area contributed by atoms with Gasteiger partial charge in [-0.05, 0) is 41.7 Å². The zero-order valence-electron chi connectivity index (χ0n) is 18.5. The van der Waals surface area contributed by atoms with Gasteiger partial charge in [0.2, 0.25) is 0 Å². The fourth-order valence-electron chi connectivity index (χ4n) is 3.85. The Morgan fingerprint density at radius 3 is 2.42 bits per heavy atom. The Bertz CT molecular complexity index is 1040. The third kappa shape index (κ3) is 4.49. The van der Waals surface area contributed by atoms with Gasteiger partial charge in [-0.2, -0.15) is 0 Å². The van der Waals surface area contributed by atoms with E-state index in [1.165, 1.54) is 5.56 Å². The lowest BCUT2D eigenvalue weighted by atomic mass is 9.99. The number of nitrogens with zero attached hydrogens (tertiary/aromatic N) is 2. The minimum absolute atomic E-state index is 0.0816. The number of benzene rings is 2. The largest absolute Gasteiger partial charge is 0.497 e. The summed E-state index contributed by atoms with van der Waals surface area (Å²) in [6.45, 7) is 7.29. The van der Waals surface area contributed by atoms with Crippen molar-refractivity contribution in [2.24, 2.45) is 0 Å². The van der Waals surface area contributed by atoms with E-state index in [-0.39, 0.29) is 18.1 Å². The number of methoxy groups -OCH3 is 1. The minimum atomic E-state index is -0.180. The first-order chi connectivity index (χ1) is 15.0. The summed E-state index contributed by atoms with van der Waals surface area (Å²) in [4.78, 5) is 17.3. The number of aromatic nitrogens is 2. The van der Waals surface area contributed by atoms with E-state index >= 15 is 0 Å². The number of carbonyl (C=O) groups excluding carboxylic acids is 1. The van der Waals surface area contributed by atoms with E-state index in [1.54, 1.807) is 13.4 Å². The maximum absolute atomic E-state index is 12.9. The SMILES string of the molecule is COc1ccc(C2Cn3cnc(C(=O)NC(C)c4ccc(C(C)C)cc4)c3CO2)cc1. The molecule has 1 amide bonds. The predicted octanol–water partition coefficient (Wildman–Crippen LogP) is 4.78. The van der Waals surface area contributed by atoms with Gasteiger partial charge in [0.1, 0.15) is 11.9 Å². The van der Waals surface area contributed by atoms with Crippen molar-refractivity contribution in [3.63, 3.8) is 0 Å². The Morgan fingerprint density at radius 1 is 1.10 bits per heavy atom. The van der Waals surface area contributed by atoms with Crippen LogP contribution in [0.5, 0.6) is 5.75 Å². The molecule has 1 aromatic heterocycles. The highest BCUT2D eigenvalue weighted by atomic mass is 16.5. The molecular weight excluding hydrogens is 390 g/mol. The second-order valence-corrected chi connectivity index (χ2v) is 8.28. The van der Waals surface area contributed by atoms with Crippen LogP contribution in [0.2, 0.25) is 0 Å². The molecule has 0 fully saturated rings. The Hall–Kier alpha value is -3.12. The minimum Gasteiger partial charge on any atom is -0.497 e. The lowest BCUT2D eigenvalue weighted by molar-refractivity contribution is 0.00254. The fourth-order valence-corrected chi connectivity index (χ4v) is 3.85. The molecule has 2 aromatic carbocycles. The number of carbonyl (C=O) groups is 1. The van der Waals surface area contributed by atoms with E-state index in [2.05, 4.69) is 48.4 Å². The highest BCUT2D eigenvalue weighted by Gasteiger charge is 2.27. The van der Waals surface area contributed by atoms with E-state index in [9.17, 15) is 4.79 Å². The van der Waals surface area contributed by atoms with Crippen LogP contribution in [-0.2, 0) is 17.9 Å². The number of imidazole rings is 1. The summed E-state index contributed by atoms with van der Waals surface area (Å²) in [7, 11) is 1.65. The monoisotopic (exact) mass is 419 g/mol. The Balaban J connectivity index is 1.43. The van der Waals surface area contributed by atoms with Crippen LogP contribution in [0.4, 0.5) is 0 Å². The Kier molecular flexibility index (Phi) is 6.09. The molecule has 0 bridgehead atoms. The molecule has 1 N–H and O–H groups in total. The third-order valence-electron chi connectivity index (χ3n) is 5.88. The zero-order chi connectivity index (χ0) is 22.0. The molecule has 1 aliphatic rings. The van der Waals surface area contributed by atoms with E-state index < -0.39 is 0 Å². The summed E-state index contributed by atoms with van der Waals surface area (Å²) in [6, 6.07) is 16.1. The van der Waals surface area contributed by atoms with E-state index in [1.807, 2.05) is 35.8 Å². The molecule has 2 atom stereocenters. The zero-order valence-corrected chi connectivity index (χ0v) is 18.5. The van der Waals surface area contributed by atoms with Crippen molar-refractivity contribution in [2.75, 3.05) is 7.11 Å². The smallest absolute Gasteiger partial charge is 0.272 e. The van der Waals surface area contributed by atoms with Crippen LogP contribution >= 0.6 is 0 Å². The third-order valence-corrected chi connectivity index (χ3v) is 5.88. The van der Waals surface area contributed by atoms with Crippen LogP contribution in [0.3, 0.4) is 0 Å². The van der Waals surface area contributed by atoms with Crippen molar-refractivity contribution in [1.82, 2.24) is 14.9 Å². The summed E-state index contributed by atoms with van der Waals surface area (Å²) in [5.41, 5.74) is 4.67. The van der Waals surface area contributed by atoms with Crippen molar-refractivity contribution in [3.05, 3.63) is 82.9 Å². The highest BCUT2D eigenvalue weighted by Crippen LogP contribution is 2.29. The lowest BCUT2D eigenvalue weighted by Crippen LogP contribution is -2.29. The fraction of sp³-hybridized carbons (Fsp3) is 0.360. The van der Waals surface area contributed by atoms with Crippen molar-refractivity contribution in [2.45, 2.75) is 52.0 Å².